The summed E-state index contributed by atoms with van der Waals surface area (Å²) in [5.74, 6) is 1.85. The highest BCUT2D eigenvalue weighted by molar-refractivity contribution is 7.25. The number of thiophene rings is 2. The van der Waals surface area contributed by atoms with Crippen molar-refractivity contribution in [1.29, 1.82) is 0 Å². The molecule has 0 aliphatic heterocycles. The zero-order valence-corrected chi connectivity index (χ0v) is 28.3. The number of rotatable bonds is 24. The second-order valence-corrected chi connectivity index (χ2v) is 14.1. The third kappa shape index (κ3) is 10.2. The first kappa shape index (κ1) is 33.1. The monoisotopic (exact) mass is 608 g/mol. The highest BCUT2D eigenvalue weighted by atomic mass is 32.1. The molecule has 232 valence electrons. The lowest BCUT2D eigenvalue weighted by atomic mass is 10.0. The maximum Gasteiger partial charge on any atom is 0.161 e. The second-order valence-electron chi connectivity index (χ2n) is 12.2. The maximum absolute atomic E-state index is 6.47. The number of fused-ring (bicyclic) bond motifs is 6. The SMILES string of the molecule is CCCCCCCCCCCCOc1cc2c(cc1OCCCCCCCCCCCC)c1ccsc1c1sccc21. The van der Waals surface area contributed by atoms with E-state index >= 15 is 0 Å². The Hall–Kier alpha value is -1.78. The van der Waals surface area contributed by atoms with Gasteiger partial charge in [-0.2, -0.15) is 0 Å². The normalized spacial score (nSPS) is 11.8. The van der Waals surface area contributed by atoms with Crippen LogP contribution in [0.4, 0.5) is 0 Å². The molecule has 0 spiro atoms. The Kier molecular flexibility index (Phi) is 15.4. The van der Waals surface area contributed by atoms with Crippen LogP contribution in [0.1, 0.15) is 142 Å². The van der Waals surface area contributed by atoms with E-state index in [1.807, 2.05) is 22.7 Å². The Morgan fingerprint density at radius 3 is 1.12 bits per heavy atom. The lowest BCUT2D eigenvalue weighted by molar-refractivity contribution is 0.259. The van der Waals surface area contributed by atoms with Crippen molar-refractivity contribution in [1.82, 2.24) is 0 Å². The van der Waals surface area contributed by atoms with Crippen LogP contribution in [0.15, 0.2) is 35.0 Å². The predicted molar refractivity (Wildman–Crippen MR) is 189 cm³/mol. The van der Waals surface area contributed by atoms with E-state index in [2.05, 4.69) is 48.9 Å². The first-order valence-corrected chi connectivity index (χ1v) is 19.2. The molecule has 0 bridgehead atoms. The largest absolute Gasteiger partial charge is 0.490 e. The van der Waals surface area contributed by atoms with Gasteiger partial charge >= 0.3 is 0 Å². The van der Waals surface area contributed by atoms with Crippen LogP contribution in [-0.4, -0.2) is 13.2 Å². The predicted octanol–water partition coefficient (Wildman–Crippen LogP) is 13.9. The molecule has 2 nitrogen and oxygen atoms in total. The van der Waals surface area contributed by atoms with Gasteiger partial charge in [0.2, 0.25) is 0 Å². The van der Waals surface area contributed by atoms with Gasteiger partial charge in [-0.05, 0) is 58.6 Å². The van der Waals surface area contributed by atoms with Crippen LogP contribution in [0.2, 0.25) is 0 Å². The molecular weight excluding hydrogens is 553 g/mol. The minimum absolute atomic E-state index is 0.768. The van der Waals surface area contributed by atoms with Crippen LogP contribution in [-0.2, 0) is 0 Å². The average Bonchev–Trinajstić information content (AvgIpc) is 3.69. The molecule has 0 unspecified atom stereocenters. The summed E-state index contributed by atoms with van der Waals surface area (Å²) < 4.78 is 15.7. The summed E-state index contributed by atoms with van der Waals surface area (Å²) in [5, 5.41) is 9.72. The van der Waals surface area contributed by atoms with Gasteiger partial charge in [-0.25, -0.2) is 0 Å². The number of hydrogen-bond acceptors (Lipinski definition) is 4. The molecule has 42 heavy (non-hydrogen) atoms. The summed E-state index contributed by atoms with van der Waals surface area (Å²) in [7, 11) is 0. The minimum Gasteiger partial charge on any atom is -0.490 e. The van der Waals surface area contributed by atoms with Crippen LogP contribution >= 0.6 is 22.7 Å². The van der Waals surface area contributed by atoms with Crippen molar-refractivity contribution in [2.75, 3.05) is 13.2 Å². The smallest absolute Gasteiger partial charge is 0.161 e. The van der Waals surface area contributed by atoms with Crippen molar-refractivity contribution in [3.05, 3.63) is 35.0 Å². The van der Waals surface area contributed by atoms with E-state index in [1.54, 1.807) is 0 Å². The Balaban J connectivity index is 1.30. The number of ether oxygens (including phenoxy) is 2. The van der Waals surface area contributed by atoms with Gasteiger partial charge in [0.1, 0.15) is 0 Å². The average molecular weight is 609 g/mol. The molecule has 0 amide bonds. The van der Waals surface area contributed by atoms with Gasteiger partial charge in [0.05, 0.1) is 22.6 Å². The molecule has 0 saturated heterocycles. The van der Waals surface area contributed by atoms with Crippen LogP contribution in [0, 0.1) is 0 Å². The standard InChI is InChI=1S/C38H56O2S2/c1-3-5-7-9-11-13-15-17-19-21-25-39-35-29-33-31-23-27-41-37(31)38-32(24-28-42-38)34(33)30-36(35)40-26-22-20-18-16-14-12-10-8-6-4-2/h23-24,27-30H,3-22,25-26H2,1-2H3. The van der Waals surface area contributed by atoms with Crippen LogP contribution in [0.25, 0.3) is 30.9 Å². The summed E-state index contributed by atoms with van der Waals surface area (Å²) in [6.07, 6.45) is 26.8. The third-order valence-corrected chi connectivity index (χ3v) is 10.7. The van der Waals surface area contributed by atoms with Gasteiger partial charge in [-0.15, -0.1) is 22.7 Å². The zero-order chi connectivity index (χ0) is 29.2. The number of hydrogen-bond donors (Lipinski definition) is 0. The molecular formula is C38H56O2S2. The lowest BCUT2D eigenvalue weighted by Crippen LogP contribution is -2.03. The summed E-state index contributed by atoms with van der Waals surface area (Å²) in [6.45, 7) is 6.12. The first-order chi connectivity index (χ1) is 20.8. The molecule has 2 heterocycles. The van der Waals surface area contributed by atoms with Gasteiger partial charge < -0.3 is 9.47 Å². The van der Waals surface area contributed by atoms with E-state index in [0.29, 0.717) is 0 Å². The molecule has 0 saturated carbocycles. The Morgan fingerprint density at radius 2 is 0.762 bits per heavy atom. The van der Waals surface area contributed by atoms with Gasteiger partial charge in [-0.1, -0.05) is 129 Å². The molecule has 0 N–H and O–H groups in total. The van der Waals surface area contributed by atoms with Gasteiger partial charge in [0.15, 0.2) is 11.5 Å². The zero-order valence-electron chi connectivity index (χ0n) is 26.7. The fourth-order valence-corrected chi connectivity index (χ4v) is 8.18. The Labute approximate surface area is 264 Å². The molecule has 2 aromatic heterocycles. The Morgan fingerprint density at radius 1 is 0.429 bits per heavy atom. The molecule has 0 atom stereocenters. The highest BCUT2D eigenvalue weighted by Gasteiger charge is 2.15. The van der Waals surface area contributed by atoms with E-state index < -0.39 is 0 Å². The molecule has 4 heteroatoms. The summed E-state index contributed by atoms with van der Waals surface area (Å²) in [6, 6.07) is 9.09. The van der Waals surface area contributed by atoms with Gasteiger partial charge in [0, 0.05) is 10.8 Å². The molecule has 2 aromatic carbocycles. The van der Waals surface area contributed by atoms with Crippen LogP contribution < -0.4 is 9.47 Å². The maximum atomic E-state index is 6.47. The second kappa shape index (κ2) is 19.5. The summed E-state index contributed by atoms with van der Waals surface area (Å²) in [5.41, 5.74) is 0. The quantitative estimate of drug-likeness (QED) is 0.0737. The van der Waals surface area contributed by atoms with Crippen molar-refractivity contribution < 1.29 is 9.47 Å². The van der Waals surface area contributed by atoms with Crippen molar-refractivity contribution >= 4 is 53.6 Å². The van der Waals surface area contributed by atoms with Crippen LogP contribution in [0.5, 0.6) is 11.5 Å². The fraction of sp³-hybridized carbons (Fsp3) is 0.632. The number of benzene rings is 2. The van der Waals surface area contributed by atoms with Crippen molar-refractivity contribution in [3.8, 4) is 11.5 Å². The number of unbranched alkanes of at least 4 members (excludes halogenated alkanes) is 18. The van der Waals surface area contributed by atoms with Crippen LogP contribution in [0.3, 0.4) is 0 Å². The van der Waals surface area contributed by atoms with E-state index in [4.69, 9.17) is 9.47 Å². The molecule has 0 radical (unpaired) electrons. The van der Waals surface area contributed by atoms with E-state index in [-0.39, 0.29) is 0 Å². The molecule has 0 fully saturated rings. The summed E-state index contributed by atoms with van der Waals surface area (Å²) >= 11 is 3.70. The lowest BCUT2D eigenvalue weighted by Gasteiger charge is -2.15. The molecule has 0 aliphatic rings. The molecule has 4 rings (SSSR count). The van der Waals surface area contributed by atoms with Gasteiger partial charge in [-0.3, -0.25) is 0 Å². The Bertz CT molecular complexity index is 1190. The third-order valence-electron chi connectivity index (χ3n) is 8.71. The van der Waals surface area contributed by atoms with E-state index in [0.717, 1.165) is 37.6 Å². The van der Waals surface area contributed by atoms with E-state index in [9.17, 15) is 0 Å². The first-order valence-electron chi connectivity index (χ1n) is 17.4. The minimum atomic E-state index is 0.768. The summed E-state index contributed by atoms with van der Waals surface area (Å²) in [4.78, 5) is 0. The fourth-order valence-electron chi connectivity index (χ4n) is 6.17. The van der Waals surface area contributed by atoms with Crippen molar-refractivity contribution in [2.24, 2.45) is 0 Å². The topological polar surface area (TPSA) is 18.5 Å². The molecule has 4 aromatic rings. The highest BCUT2D eigenvalue weighted by Crippen LogP contribution is 2.44. The van der Waals surface area contributed by atoms with Crippen molar-refractivity contribution in [2.45, 2.75) is 142 Å². The van der Waals surface area contributed by atoms with Crippen molar-refractivity contribution in [3.63, 3.8) is 0 Å². The molecule has 0 aliphatic carbocycles. The van der Waals surface area contributed by atoms with E-state index in [1.165, 1.54) is 147 Å². The van der Waals surface area contributed by atoms with Gasteiger partial charge in [0.25, 0.3) is 0 Å².